The Kier molecular flexibility index (Phi) is 16.1. The molecule has 0 aliphatic heterocycles. The SMILES string of the molecule is O=S([O-])O.[Cl][Cu][Cl]. The fraction of sp³-hybridized carbons (Fsp3) is 0. The minimum absolute atomic E-state index is 0.757. The van der Waals surface area contributed by atoms with Crippen LogP contribution in [0, 0.1) is 0 Å². The van der Waals surface area contributed by atoms with E-state index in [1.54, 1.807) is 0 Å². The van der Waals surface area contributed by atoms with Crippen molar-refractivity contribution in [3.8, 4) is 0 Å². The zero-order valence-corrected chi connectivity index (χ0v) is 6.00. The fourth-order valence-corrected chi connectivity index (χ4v) is 0. The Bertz CT molecular complexity index is 44.2. The number of rotatable bonds is 0. The van der Waals surface area contributed by atoms with Crippen molar-refractivity contribution < 1.29 is 26.4 Å². The van der Waals surface area contributed by atoms with E-state index in [1.807, 2.05) is 0 Å². The van der Waals surface area contributed by atoms with Crippen molar-refractivity contribution in [2.75, 3.05) is 0 Å². The van der Waals surface area contributed by atoms with Crippen molar-refractivity contribution >= 4 is 31.6 Å². The standard InChI is InChI=1S/2ClH.Cu.H2O3S/c;;;1-4(2)3/h2*1H;;(H2,1,2,3)/q;;+2;/p-3. The van der Waals surface area contributed by atoms with Crippen LogP contribution >= 0.6 is 20.2 Å². The molecule has 0 rings (SSSR count). The average molecular weight is 216 g/mol. The Morgan fingerprint density at radius 3 is 1.71 bits per heavy atom. The summed E-state index contributed by atoms with van der Waals surface area (Å²) in [4.78, 5) is 0. The zero-order chi connectivity index (χ0) is 6.28. The Morgan fingerprint density at radius 2 is 1.71 bits per heavy atom. The maximum absolute atomic E-state index is 8.56. The van der Waals surface area contributed by atoms with E-state index >= 15 is 0 Å². The molecule has 1 atom stereocenters. The first kappa shape index (κ1) is 11.0. The van der Waals surface area contributed by atoms with Gasteiger partial charge in [0.2, 0.25) is 0 Å². The quantitative estimate of drug-likeness (QED) is 0.478. The molecule has 7 heteroatoms. The van der Waals surface area contributed by atoms with Crippen molar-refractivity contribution in [3.05, 3.63) is 0 Å². The Labute approximate surface area is 58.1 Å². The molecule has 1 N–H and O–H groups in total. The molecular formula is HCl2CuO3S-. The van der Waals surface area contributed by atoms with Gasteiger partial charge < -0.3 is 9.11 Å². The summed E-state index contributed by atoms with van der Waals surface area (Å²) in [6.07, 6.45) is 0. The van der Waals surface area contributed by atoms with Crippen LogP contribution in [0.5, 0.6) is 0 Å². The monoisotopic (exact) mass is 214 g/mol. The molecule has 0 fully saturated rings. The van der Waals surface area contributed by atoms with Crippen molar-refractivity contribution in [1.29, 1.82) is 0 Å². The molecule has 0 aliphatic carbocycles. The van der Waals surface area contributed by atoms with Crippen LogP contribution in [-0.2, 0) is 24.5 Å². The summed E-state index contributed by atoms with van der Waals surface area (Å²) < 4.78 is 24.1. The zero-order valence-electron chi connectivity index (χ0n) is 2.73. The summed E-state index contributed by atoms with van der Waals surface area (Å²) in [5, 5.41) is 0. The van der Waals surface area contributed by atoms with Crippen LogP contribution < -0.4 is 0 Å². The summed E-state index contributed by atoms with van der Waals surface area (Å²) in [5.41, 5.74) is 0. The van der Waals surface area contributed by atoms with Crippen molar-refractivity contribution in [3.63, 3.8) is 0 Å². The molecule has 1 unspecified atom stereocenters. The third kappa shape index (κ3) is 140. The molecule has 0 spiro atoms. The first-order chi connectivity index (χ1) is 3.15. The van der Waals surface area contributed by atoms with E-state index in [2.05, 4.69) is 20.2 Å². The van der Waals surface area contributed by atoms with Gasteiger partial charge in [-0.2, -0.15) is 0 Å². The molecule has 0 saturated heterocycles. The van der Waals surface area contributed by atoms with Crippen molar-refractivity contribution in [2.45, 2.75) is 0 Å². The van der Waals surface area contributed by atoms with Gasteiger partial charge >= 0.3 is 33.3 Å². The molecule has 0 saturated carbocycles. The molecule has 0 aromatic carbocycles. The number of hydrogen-bond acceptors (Lipinski definition) is 2. The molecule has 0 heterocycles. The van der Waals surface area contributed by atoms with Gasteiger partial charge in [0.15, 0.2) is 0 Å². The van der Waals surface area contributed by atoms with E-state index in [-0.39, 0.29) is 0 Å². The van der Waals surface area contributed by atoms with Gasteiger partial charge in [-0.25, -0.2) is 4.21 Å². The van der Waals surface area contributed by atoms with Crippen molar-refractivity contribution in [2.24, 2.45) is 0 Å². The molecule has 0 aromatic heterocycles. The Balaban J connectivity index is 0. The average Bonchev–Trinajstić information content (AvgIpc) is 1.33. The third-order valence-corrected chi connectivity index (χ3v) is 0. The first-order valence-electron chi connectivity index (χ1n) is 0.744. The molecule has 3 nitrogen and oxygen atoms in total. The van der Waals surface area contributed by atoms with Crippen LogP contribution in [0.3, 0.4) is 0 Å². The molecule has 0 aliphatic rings. The van der Waals surface area contributed by atoms with E-state index in [0.717, 1.165) is 13.1 Å². The molecule has 0 amide bonds. The molecule has 0 radical (unpaired) electrons. The number of hydrogen-bond donors (Lipinski definition) is 1. The van der Waals surface area contributed by atoms with E-state index in [0.29, 0.717) is 0 Å². The summed E-state index contributed by atoms with van der Waals surface area (Å²) in [6.45, 7) is 0. The van der Waals surface area contributed by atoms with Gasteiger partial charge in [-0.05, 0) is 0 Å². The Hall–Kier alpha value is 1.17. The summed E-state index contributed by atoms with van der Waals surface area (Å²) >= 11 is -2.10. The van der Waals surface area contributed by atoms with E-state index in [4.69, 9.17) is 13.3 Å². The third-order valence-electron chi connectivity index (χ3n) is 0. The second-order valence-electron chi connectivity index (χ2n) is 0.260. The molecule has 51 valence electrons. The molecular weight excluding hydrogens is 215 g/mol. The van der Waals surface area contributed by atoms with E-state index in [1.165, 1.54) is 0 Å². The van der Waals surface area contributed by atoms with Crippen LogP contribution in [0.15, 0.2) is 0 Å². The van der Waals surface area contributed by atoms with Crippen LogP contribution in [0.4, 0.5) is 0 Å². The molecule has 7 heavy (non-hydrogen) atoms. The minimum atomic E-state index is -2.86. The topological polar surface area (TPSA) is 60.4 Å². The molecule has 0 bridgehead atoms. The summed E-state index contributed by atoms with van der Waals surface area (Å²) in [5.74, 6) is 0. The summed E-state index contributed by atoms with van der Waals surface area (Å²) in [6, 6.07) is 0. The summed E-state index contributed by atoms with van der Waals surface area (Å²) in [7, 11) is 9.34. The Morgan fingerprint density at radius 1 is 1.71 bits per heavy atom. The van der Waals surface area contributed by atoms with Crippen LogP contribution in [-0.4, -0.2) is 13.3 Å². The van der Waals surface area contributed by atoms with Gasteiger partial charge in [0.05, 0.1) is 11.4 Å². The predicted octanol–water partition coefficient (Wildman–Crippen LogP) is 0.715. The van der Waals surface area contributed by atoms with Crippen LogP contribution in [0.2, 0.25) is 0 Å². The fourth-order valence-electron chi connectivity index (χ4n) is 0. The van der Waals surface area contributed by atoms with Crippen LogP contribution in [0.1, 0.15) is 0 Å². The van der Waals surface area contributed by atoms with Gasteiger partial charge in [-0.3, -0.25) is 0 Å². The second-order valence-corrected chi connectivity index (χ2v) is 2.25. The second kappa shape index (κ2) is 10.2. The molecule has 0 aromatic rings. The number of halogens is 2. The van der Waals surface area contributed by atoms with Gasteiger partial charge in [0, 0.05) is 0 Å². The van der Waals surface area contributed by atoms with Gasteiger partial charge in [0.25, 0.3) is 0 Å². The first-order valence-corrected chi connectivity index (χ1v) is 4.37. The maximum atomic E-state index is 8.56. The normalized spacial score (nSPS) is 12.0. The van der Waals surface area contributed by atoms with Crippen molar-refractivity contribution in [1.82, 2.24) is 0 Å². The van der Waals surface area contributed by atoms with Gasteiger partial charge in [0.1, 0.15) is 0 Å². The van der Waals surface area contributed by atoms with E-state index < -0.39 is 11.4 Å². The van der Waals surface area contributed by atoms with E-state index in [9.17, 15) is 0 Å². The van der Waals surface area contributed by atoms with Gasteiger partial charge in [-0.15, -0.1) is 0 Å². The van der Waals surface area contributed by atoms with Gasteiger partial charge in [-0.1, -0.05) is 0 Å². The van der Waals surface area contributed by atoms with Crippen LogP contribution in [0.25, 0.3) is 0 Å². The predicted molar refractivity (Wildman–Crippen MR) is 23.3 cm³/mol.